The number of nitrogens with one attached hydrogen (secondary N) is 2. The van der Waals surface area contributed by atoms with Gasteiger partial charge in [0.1, 0.15) is 29.6 Å². The topological polar surface area (TPSA) is 161 Å². The van der Waals surface area contributed by atoms with Crippen LogP contribution in [0.2, 0.25) is 5.02 Å². The van der Waals surface area contributed by atoms with Gasteiger partial charge in [-0.1, -0.05) is 24.9 Å². The van der Waals surface area contributed by atoms with E-state index in [2.05, 4.69) is 10.1 Å². The minimum Gasteiger partial charge on any atom is -0.465 e. The lowest BCUT2D eigenvalue weighted by molar-refractivity contribution is -0.145. The van der Waals surface area contributed by atoms with Gasteiger partial charge in [-0.05, 0) is 56.8 Å². The molecule has 0 spiro atoms. The average molecular weight is 592 g/mol. The zero-order valence-electron chi connectivity index (χ0n) is 21.0. The number of aromatic nitrogens is 2. The maximum Gasteiger partial charge on any atom is 0.459 e. The van der Waals surface area contributed by atoms with E-state index in [1.807, 2.05) is 6.92 Å². The molecule has 6 atom stereocenters. The number of halogens is 1. The van der Waals surface area contributed by atoms with Crippen molar-refractivity contribution in [1.82, 2.24) is 14.6 Å². The van der Waals surface area contributed by atoms with Crippen LogP contribution < -0.4 is 15.2 Å². The molecule has 38 heavy (non-hydrogen) atoms. The lowest BCUT2D eigenvalue weighted by Gasteiger charge is -2.28. The second kappa shape index (κ2) is 12.8. The first-order chi connectivity index (χ1) is 17.9. The molecular weight excluding hydrogens is 561 g/mol. The van der Waals surface area contributed by atoms with Crippen molar-refractivity contribution in [2.24, 2.45) is 0 Å². The average Bonchev–Trinajstić information content (AvgIpc) is 3.08. The Labute approximate surface area is 229 Å². The highest BCUT2D eigenvalue weighted by Crippen LogP contribution is 2.47. The van der Waals surface area contributed by atoms with Crippen molar-refractivity contribution < 1.29 is 38.1 Å². The largest absolute Gasteiger partial charge is 0.465 e. The number of aliphatic hydroxyl groups is 2. The fourth-order valence-corrected chi connectivity index (χ4v) is 5.50. The van der Waals surface area contributed by atoms with E-state index < -0.39 is 56.0 Å². The normalized spacial score (nSPS) is 25.5. The van der Waals surface area contributed by atoms with Crippen molar-refractivity contribution in [2.45, 2.75) is 63.7 Å². The summed E-state index contributed by atoms with van der Waals surface area (Å²) >= 11 is 11.1. The number of H-pyrrole nitrogens is 1. The minimum atomic E-state index is -4.28. The van der Waals surface area contributed by atoms with Gasteiger partial charge in [0.2, 0.25) is 0 Å². The molecule has 1 fully saturated rings. The van der Waals surface area contributed by atoms with E-state index >= 15 is 0 Å². The van der Waals surface area contributed by atoms with Crippen molar-refractivity contribution in [2.75, 3.05) is 13.2 Å². The summed E-state index contributed by atoms with van der Waals surface area (Å²) in [6.07, 6.45) is -1.09. The quantitative estimate of drug-likeness (QED) is 0.124. The molecule has 2 heterocycles. The fourth-order valence-electron chi connectivity index (χ4n) is 3.62. The lowest BCUT2D eigenvalue weighted by Crippen LogP contribution is -2.45. The molecule has 0 amide bonds. The van der Waals surface area contributed by atoms with E-state index in [9.17, 15) is 24.4 Å². The maximum absolute atomic E-state index is 13.7. The van der Waals surface area contributed by atoms with Crippen LogP contribution in [0.4, 0.5) is 0 Å². The number of hydrogen-bond acceptors (Lipinski definition) is 10. The first kappa shape index (κ1) is 30.5. The first-order valence-electron chi connectivity index (χ1n) is 11.9. The number of esters is 1. The number of nitrogens with zero attached hydrogens (tertiary/aromatic N) is 1. The number of aromatic amines is 1. The van der Waals surface area contributed by atoms with E-state index in [-0.39, 0.29) is 17.1 Å². The van der Waals surface area contributed by atoms with Crippen molar-refractivity contribution >= 4 is 37.5 Å². The highest BCUT2D eigenvalue weighted by atomic mass is 35.5. The summed E-state index contributed by atoms with van der Waals surface area (Å²) in [5.74, 6) is -0.524. The molecule has 0 saturated carbocycles. The van der Waals surface area contributed by atoms with E-state index in [1.165, 1.54) is 54.9 Å². The molecule has 1 unspecified atom stereocenters. The van der Waals surface area contributed by atoms with Crippen LogP contribution in [-0.2, 0) is 23.4 Å². The van der Waals surface area contributed by atoms with Gasteiger partial charge in [0.25, 0.3) is 5.56 Å². The molecule has 1 aromatic carbocycles. The Morgan fingerprint density at radius 3 is 2.68 bits per heavy atom. The van der Waals surface area contributed by atoms with Gasteiger partial charge in [-0.25, -0.2) is 4.57 Å². The van der Waals surface area contributed by atoms with Gasteiger partial charge >= 0.3 is 13.7 Å². The van der Waals surface area contributed by atoms with Crippen LogP contribution in [0.25, 0.3) is 0 Å². The molecule has 12 nitrogen and oxygen atoms in total. The number of carbonyl (C=O) groups is 1. The Morgan fingerprint density at radius 1 is 1.37 bits per heavy atom. The van der Waals surface area contributed by atoms with Crippen LogP contribution in [0.15, 0.2) is 41.3 Å². The number of rotatable bonds is 12. The van der Waals surface area contributed by atoms with Crippen LogP contribution >= 0.6 is 31.6 Å². The third-order valence-corrected chi connectivity index (χ3v) is 7.96. The van der Waals surface area contributed by atoms with E-state index in [0.717, 1.165) is 6.42 Å². The highest BCUT2D eigenvalue weighted by Gasteiger charge is 2.53. The van der Waals surface area contributed by atoms with Gasteiger partial charge < -0.3 is 24.2 Å². The van der Waals surface area contributed by atoms with Crippen molar-refractivity contribution in [1.29, 1.82) is 0 Å². The third-order valence-electron chi connectivity index (χ3n) is 5.75. The number of aliphatic hydroxyl groups excluding tert-OH is 1. The number of hydrogen-bond donors (Lipinski definition) is 4. The van der Waals surface area contributed by atoms with Gasteiger partial charge in [-0.3, -0.25) is 23.7 Å². The molecule has 1 aromatic heterocycles. The van der Waals surface area contributed by atoms with Crippen LogP contribution in [0.5, 0.6) is 5.75 Å². The summed E-state index contributed by atoms with van der Waals surface area (Å²) in [5, 5.41) is 24.7. The standard InChI is InChI=1S/C23H31ClN3O9PS/c1-4-5-12-33-20(30)14(2)26-37(32,36-16-8-6-15(24)7-9-16)34-13-17-19(29)23(3,31)21(35-17)27-11-10-18(28)25-22(27)38/h6-11,14,17,19,21,29,31H,4-5,12-13H2,1-3H3,(H,26,32)(H,25,28,38)/t14-,17+,19-,21+,23?,37+/m0/s1. The second-order valence-electron chi connectivity index (χ2n) is 8.93. The van der Waals surface area contributed by atoms with Crippen LogP contribution in [0.3, 0.4) is 0 Å². The summed E-state index contributed by atoms with van der Waals surface area (Å²) in [5.41, 5.74) is -2.31. The number of benzene rings is 1. The molecule has 0 aliphatic carbocycles. The van der Waals surface area contributed by atoms with Gasteiger partial charge in [0.15, 0.2) is 11.0 Å². The zero-order chi connectivity index (χ0) is 28.1. The van der Waals surface area contributed by atoms with Gasteiger partial charge in [0.05, 0.1) is 13.2 Å². The molecule has 4 N–H and O–H groups in total. The number of ether oxygens (including phenoxy) is 2. The maximum atomic E-state index is 13.7. The van der Waals surface area contributed by atoms with E-state index in [0.29, 0.717) is 11.4 Å². The molecule has 1 aliphatic heterocycles. The lowest BCUT2D eigenvalue weighted by atomic mass is 9.96. The Bertz CT molecular complexity index is 1270. The molecule has 1 saturated heterocycles. The Balaban J connectivity index is 1.78. The molecule has 210 valence electrons. The molecule has 0 radical (unpaired) electrons. The molecule has 0 bridgehead atoms. The van der Waals surface area contributed by atoms with Crippen molar-refractivity contribution in [3.8, 4) is 5.75 Å². The summed E-state index contributed by atoms with van der Waals surface area (Å²) in [6.45, 7) is 4.40. The summed E-state index contributed by atoms with van der Waals surface area (Å²) in [6, 6.07) is 6.07. The number of unbranched alkanes of at least 4 members (excludes halogenated alkanes) is 1. The highest BCUT2D eigenvalue weighted by molar-refractivity contribution is 7.71. The molecule has 2 aromatic rings. The monoisotopic (exact) mass is 591 g/mol. The van der Waals surface area contributed by atoms with Crippen LogP contribution in [0.1, 0.15) is 39.8 Å². The molecule has 15 heteroatoms. The fraction of sp³-hybridized carbons (Fsp3) is 0.522. The Morgan fingerprint density at radius 2 is 2.05 bits per heavy atom. The van der Waals surface area contributed by atoms with Gasteiger partial charge in [0, 0.05) is 17.3 Å². The predicted molar refractivity (Wildman–Crippen MR) is 141 cm³/mol. The first-order valence-corrected chi connectivity index (χ1v) is 14.2. The van der Waals surface area contributed by atoms with Crippen molar-refractivity contribution in [3.05, 3.63) is 56.7 Å². The molecule has 1 aliphatic rings. The van der Waals surface area contributed by atoms with Crippen LogP contribution in [0, 0.1) is 4.77 Å². The Kier molecular flexibility index (Phi) is 10.3. The van der Waals surface area contributed by atoms with Gasteiger partial charge in [-0.15, -0.1) is 0 Å². The Hall–Kier alpha value is -2.09. The number of carbonyl (C=O) groups excluding carboxylic acids is 1. The van der Waals surface area contributed by atoms with Crippen LogP contribution in [-0.4, -0.2) is 62.8 Å². The van der Waals surface area contributed by atoms with Crippen molar-refractivity contribution in [3.63, 3.8) is 0 Å². The van der Waals surface area contributed by atoms with E-state index in [1.54, 1.807) is 0 Å². The minimum absolute atomic E-state index is 0.0367. The third kappa shape index (κ3) is 7.51. The molecule has 3 rings (SSSR count). The summed E-state index contributed by atoms with van der Waals surface area (Å²) in [4.78, 5) is 26.3. The zero-order valence-corrected chi connectivity index (χ0v) is 23.5. The van der Waals surface area contributed by atoms with Gasteiger partial charge in [-0.2, -0.15) is 5.09 Å². The summed E-state index contributed by atoms with van der Waals surface area (Å²) in [7, 11) is -4.28. The second-order valence-corrected chi connectivity index (χ2v) is 11.4. The SMILES string of the molecule is CCCCOC(=O)[C@H](C)N[P@@](=O)(OC[C@H]1O[C@@H](n2ccc(=O)[nH]c2=S)C(C)(O)[C@H]1O)Oc1ccc(Cl)cc1. The summed E-state index contributed by atoms with van der Waals surface area (Å²) < 4.78 is 37.1. The molecular formula is C23H31ClN3O9PS. The predicted octanol–water partition coefficient (Wildman–Crippen LogP) is 3.09. The van der Waals surface area contributed by atoms with E-state index in [4.69, 9.17) is 42.3 Å². The smallest absolute Gasteiger partial charge is 0.459 e.